The van der Waals surface area contributed by atoms with Gasteiger partial charge in [-0.1, -0.05) is 0 Å². The van der Waals surface area contributed by atoms with Gasteiger partial charge in [-0.25, -0.2) is 8.42 Å². The quantitative estimate of drug-likeness (QED) is 0.709. The average molecular weight is 291 g/mol. The number of hydrogen-bond acceptors (Lipinski definition) is 5. The second kappa shape index (κ2) is 6.19. The third-order valence-corrected chi connectivity index (χ3v) is 6.25. The molecule has 19 heavy (non-hydrogen) atoms. The first-order chi connectivity index (χ1) is 9.07. The van der Waals surface area contributed by atoms with Crippen molar-refractivity contribution in [2.24, 2.45) is 0 Å². The Bertz CT molecular complexity index is 416. The second-order valence-electron chi connectivity index (χ2n) is 5.00. The van der Waals surface area contributed by atoms with E-state index >= 15 is 0 Å². The summed E-state index contributed by atoms with van der Waals surface area (Å²) in [5, 5.41) is -0.425. The molecule has 2 rings (SSSR count). The Morgan fingerprint density at radius 3 is 2.53 bits per heavy atom. The Labute approximate surface area is 114 Å². The van der Waals surface area contributed by atoms with Gasteiger partial charge in [0.05, 0.1) is 12.4 Å². The van der Waals surface area contributed by atoms with E-state index in [1.807, 2.05) is 0 Å². The predicted molar refractivity (Wildman–Crippen MR) is 69.1 cm³/mol. The van der Waals surface area contributed by atoms with Crippen molar-refractivity contribution < 1.29 is 22.7 Å². The second-order valence-corrected chi connectivity index (χ2v) is 7.17. The molecule has 2 saturated heterocycles. The molecule has 2 heterocycles. The Hall–Kier alpha value is -0.660. The van der Waals surface area contributed by atoms with Crippen molar-refractivity contribution in [2.75, 3.05) is 26.9 Å². The minimum Gasteiger partial charge on any atom is -0.468 e. The van der Waals surface area contributed by atoms with Gasteiger partial charge in [-0.2, -0.15) is 4.31 Å². The van der Waals surface area contributed by atoms with Crippen LogP contribution in [0.3, 0.4) is 0 Å². The van der Waals surface area contributed by atoms with Crippen molar-refractivity contribution in [1.82, 2.24) is 4.31 Å². The molecule has 0 aromatic rings. The summed E-state index contributed by atoms with van der Waals surface area (Å²) in [6.45, 7) is 1.36. The zero-order valence-electron chi connectivity index (χ0n) is 11.2. The van der Waals surface area contributed by atoms with Gasteiger partial charge < -0.3 is 9.47 Å². The van der Waals surface area contributed by atoms with E-state index in [1.165, 1.54) is 11.4 Å². The van der Waals surface area contributed by atoms with Crippen molar-refractivity contribution in [1.29, 1.82) is 0 Å². The first kappa shape index (κ1) is 14.7. The molecule has 0 unspecified atom stereocenters. The summed E-state index contributed by atoms with van der Waals surface area (Å²) in [7, 11) is -2.14. The number of piperidine rings is 1. The summed E-state index contributed by atoms with van der Waals surface area (Å²) in [5.41, 5.74) is 0. The third kappa shape index (κ3) is 3.09. The molecule has 1 atom stereocenters. The normalized spacial score (nSPS) is 27.1. The molecule has 7 heteroatoms. The zero-order chi connectivity index (χ0) is 13.9. The highest BCUT2D eigenvalue weighted by atomic mass is 32.2. The van der Waals surface area contributed by atoms with E-state index in [4.69, 9.17) is 9.47 Å². The maximum absolute atomic E-state index is 12.6. The standard InChI is InChI=1S/C12H21NO5S/c1-17-12(14)11-4-2-3-7-13(11)19(15,16)10-5-8-18-9-6-10/h10-11H,2-9H2,1H3/t11-/m1/s1. The van der Waals surface area contributed by atoms with Crippen molar-refractivity contribution in [2.45, 2.75) is 43.4 Å². The summed E-state index contributed by atoms with van der Waals surface area (Å²) >= 11 is 0. The van der Waals surface area contributed by atoms with Crippen molar-refractivity contribution in [3.8, 4) is 0 Å². The van der Waals surface area contributed by atoms with Gasteiger partial charge in [0, 0.05) is 19.8 Å². The molecule has 0 bridgehead atoms. The molecule has 0 aliphatic carbocycles. The number of rotatable bonds is 3. The highest BCUT2D eigenvalue weighted by Gasteiger charge is 2.41. The summed E-state index contributed by atoms with van der Waals surface area (Å²) in [6, 6.07) is -0.647. The number of carbonyl (C=O) groups excluding carboxylic acids is 1. The zero-order valence-corrected chi connectivity index (χ0v) is 12.0. The Morgan fingerprint density at radius 1 is 1.21 bits per heavy atom. The molecular formula is C12H21NO5S. The fourth-order valence-electron chi connectivity index (χ4n) is 2.75. The van der Waals surface area contributed by atoms with E-state index in [0.29, 0.717) is 39.0 Å². The summed E-state index contributed by atoms with van der Waals surface area (Å²) in [6.07, 6.45) is 3.23. The molecule has 0 radical (unpaired) electrons. The molecule has 6 nitrogen and oxygen atoms in total. The highest BCUT2D eigenvalue weighted by molar-refractivity contribution is 7.89. The number of sulfonamides is 1. The lowest BCUT2D eigenvalue weighted by Crippen LogP contribution is -2.52. The molecule has 2 fully saturated rings. The van der Waals surface area contributed by atoms with Gasteiger partial charge in [-0.15, -0.1) is 0 Å². The highest BCUT2D eigenvalue weighted by Crippen LogP contribution is 2.27. The maximum Gasteiger partial charge on any atom is 0.324 e. The van der Waals surface area contributed by atoms with Gasteiger partial charge in [0.1, 0.15) is 6.04 Å². The van der Waals surface area contributed by atoms with Crippen molar-refractivity contribution >= 4 is 16.0 Å². The Balaban J connectivity index is 2.18. The van der Waals surface area contributed by atoms with Crippen LogP contribution in [0.5, 0.6) is 0 Å². The first-order valence-corrected chi connectivity index (χ1v) is 8.24. The molecular weight excluding hydrogens is 270 g/mol. The molecule has 0 N–H and O–H groups in total. The lowest BCUT2D eigenvalue weighted by Gasteiger charge is -2.36. The number of ether oxygens (including phenoxy) is 2. The van der Waals surface area contributed by atoms with Crippen LogP contribution in [0.1, 0.15) is 32.1 Å². The predicted octanol–water partition coefficient (Wildman–Crippen LogP) is 0.523. The van der Waals surface area contributed by atoms with Gasteiger partial charge in [-0.3, -0.25) is 4.79 Å². The van der Waals surface area contributed by atoms with E-state index in [-0.39, 0.29) is 0 Å². The van der Waals surface area contributed by atoms with Crippen LogP contribution in [0.4, 0.5) is 0 Å². The number of hydrogen-bond donors (Lipinski definition) is 0. The van der Waals surface area contributed by atoms with Crippen LogP contribution in [0.15, 0.2) is 0 Å². The van der Waals surface area contributed by atoms with E-state index in [2.05, 4.69) is 0 Å². The van der Waals surface area contributed by atoms with E-state index < -0.39 is 27.3 Å². The fraction of sp³-hybridized carbons (Fsp3) is 0.917. The summed E-state index contributed by atoms with van der Waals surface area (Å²) in [4.78, 5) is 11.8. The monoisotopic (exact) mass is 291 g/mol. The van der Waals surface area contributed by atoms with Crippen molar-refractivity contribution in [3.63, 3.8) is 0 Å². The van der Waals surface area contributed by atoms with Gasteiger partial charge in [0.15, 0.2) is 0 Å². The molecule has 0 aromatic heterocycles. The molecule has 0 spiro atoms. The van der Waals surface area contributed by atoms with Crippen LogP contribution in [0.2, 0.25) is 0 Å². The van der Waals surface area contributed by atoms with Crippen LogP contribution in [-0.2, 0) is 24.3 Å². The molecule has 0 saturated carbocycles. The maximum atomic E-state index is 12.6. The summed E-state index contributed by atoms with van der Waals surface area (Å²) < 4.78 is 36.6. The Morgan fingerprint density at radius 2 is 1.89 bits per heavy atom. The van der Waals surface area contributed by atoms with E-state index in [1.54, 1.807) is 0 Å². The molecule has 2 aliphatic heterocycles. The van der Waals surface area contributed by atoms with Gasteiger partial charge in [0.2, 0.25) is 10.0 Å². The van der Waals surface area contributed by atoms with Crippen LogP contribution in [-0.4, -0.2) is 56.9 Å². The van der Waals surface area contributed by atoms with Gasteiger partial charge in [0.25, 0.3) is 0 Å². The molecule has 0 amide bonds. The van der Waals surface area contributed by atoms with Gasteiger partial charge in [-0.05, 0) is 32.1 Å². The number of carbonyl (C=O) groups is 1. The lowest BCUT2D eigenvalue weighted by atomic mass is 10.1. The topological polar surface area (TPSA) is 72.9 Å². The number of nitrogens with zero attached hydrogens (tertiary/aromatic N) is 1. The fourth-order valence-corrected chi connectivity index (χ4v) is 4.85. The first-order valence-electron chi connectivity index (χ1n) is 6.73. The minimum absolute atomic E-state index is 0.416. The van der Waals surface area contributed by atoms with Crippen LogP contribution < -0.4 is 0 Å². The largest absolute Gasteiger partial charge is 0.468 e. The smallest absolute Gasteiger partial charge is 0.324 e. The third-order valence-electron chi connectivity index (χ3n) is 3.84. The van der Waals surface area contributed by atoms with E-state index in [9.17, 15) is 13.2 Å². The molecule has 0 aromatic carbocycles. The average Bonchev–Trinajstić information content (AvgIpc) is 2.47. The number of methoxy groups -OCH3 is 1. The summed E-state index contributed by atoms with van der Waals surface area (Å²) in [5.74, 6) is -0.449. The number of esters is 1. The SMILES string of the molecule is COC(=O)[C@H]1CCCCN1S(=O)(=O)C1CCOCC1. The van der Waals surface area contributed by atoms with Crippen LogP contribution in [0, 0.1) is 0 Å². The van der Waals surface area contributed by atoms with Crippen LogP contribution >= 0.6 is 0 Å². The van der Waals surface area contributed by atoms with Gasteiger partial charge >= 0.3 is 5.97 Å². The van der Waals surface area contributed by atoms with E-state index in [0.717, 1.165) is 12.8 Å². The molecule has 2 aliphatic rings. The lowest BCUT2D eigenvalue weighted by molar-refractivity contribution is -0.146. The van der Waals surface area contributed by atoms with Crippen LogP contribution in [0.25, 0.3) is 0 Å². The van der Waals surface area contributed by atoms with Crippen molar-refractivity contribution in [3.05, 3.63) is 0 Å². The Kier molecular flexibility index (Phi) is 4.81. The molecule has 110 valence electrons. The minimum atomic E-state index is -3.44.